The van der Waals surface area contributed by atoms with Gasteiger partial charge >= 0.3 is 17.8 Å². The van der Waals surface area contributed by atoms with Crippen molar-refractivity contribution in [2.45, 2.75) is 26.4 Å². The molecule has 0 spiro atoms. The molecule has 2 rings (SSSR count). The molecule has 9 heteroatoms. The fourth-order valence-electron chi connectivity index (χ4n) is 2.07. The summed E-state index contributed by atoms with van der Waals surface area (Å²) in [6, 6.07) is 5.32. The highest BCUT2D eigenvalue weighted by molar-refractivity contribution is 5.84. The van der Waals surface area contributed by atoms with Gasteiger partial charge in [0.1, 0.15) is 11.3 Å². The van der Waals surface area contributed by atoms with Crippen LogP contribution in [0.2, 0.25) is 0 Å². The Bertz CT molecular complexity index is 843. The highest BCUT2D eigenvalue weighted by atomic mass is 19.4. The fraction of sp³-hybridized carbons (Fsp3) is 0.444. The van der Waals surface area contributed by atoms with E-state index in [4.69, 9.17) is 19.1 Å². The van der Waals surface area contributed by atoms with Crippen LogP contribution in [0.3, 0.4) is 0 Å². The molecule has 1 heterocycles. The first kappa shape index (κ1) is 22.5. The highest BCUT2D eigenvalue weighted by Crippen LogP contribution is 2.26. The van der Waals surface area contributed by atoms with E-state index in [0.29, 0.717) is 17.9 Å². The Labute approximate surface area is 154 Å². The van der Waals surface area contributed by atoms with Crippen LogP contribution in [0.25, 0.3) is 11.0 Å². The van der Waals surface area contributed by atoms with Crippen LogP contribution in [0.5, 0.6) is 5.75 Å². The quantitative estimate of drug-likeness (QED) is 0.624. The second-order valence-electron chi connectivity index (χ2n) is 6.17. The van der Waals surface area contributed by atoms with E-state index in [0.717, 1.165) is 29.5 Å². The first-order chi connectivity index (χ1) is 12.4. The van der Waals surface area contributed by atoms with Gasteiger partial charge in [0.15, 0.2) is 0 Å². The van der Waals surface area contributed by atoms with E-state index in [1.807, 2.05) is 40.1 Å². The van der Waals surface area contributed by atoms with Gasteiger partial charge in [0, 0.05) is 6.54 Å². The Morgan fingerprint density at radius 1 is 1.19 bits per heavy atom. The highest BCUT2D eigenvalue weighted by Gasteiger charge is 2.38. The Morgan fingerprint density at radius 2 is 1.74 bits per heavy atom. The number of benzene rings is 1. The van der Waals surface area contributed by atoms with Crippen molar-refractivity contribution >= 4 is 16.9 Å². The Balaban J connectivity index is 0.000000445. The summed E-state index contributed by atoms with van der Waals surface area (Å²) in [7, 11) is 4.05. The number of aryl methyl sites for hydroxylation is 2. The van der Waals surface area contributed by atoms with E-state index in [2.05, 4.69) is 4.90 Å². The number of nitrogens with zero attached hydrogens (tertiary/aromatic N) is 1. The van der Waals surface area contributed by atoms with E-state index in [-0.39, 0.29) is 5.63 Å². The standard InChI is InChI=1S/C16H21NO3.C2HF3O2/c1-11-8-13-14(19-7-5-6-17(3)4)10-16(18)20-15(13)9-12(11)2;3-2(4,5)1(6)7/h8-10H,5-7H2,1-4H3;(H,6,7). The summed E-state index contributed by atoms with van der Waals surface area (Å²) in [5, 5.41) is 7.98. The molecule has 0 radical (unpaired) electrons. The predicted octanol–water partition coefficient (Wildman–Crippen LogP) is 3.37. The van der Waals surface area contributed by atoms with Crippen molar-refractivity contribution in [2.75, 3.05) is 27.2 Å². The molecule has 6 nitrogen and oxygen atoms in total. The van der Waals surface area contributed by atoms with Crippen LogP contribution < -0.4 is 10.4 Å². The van der Waals surface area contributed by atoms with Crippen molar-refractivity contribution < 1.29 is 32.2 Å². The number of rotatable bonds is 5. The maximum atomic E-state index is 11.6. The SMILES string of the molecule is Cc1cc2oc(=O)cc(OCCCN(C)C)c2cc1C.O=C(O)C(F)(F)F. The average Bonchev–Trinajstić information content (AvgIpc) is 2.52. The number of carboxylic acid groups (broad SMARTS) is 1. The second kappa shape index (κ2) is 9.40. The molecule has 150 valence electrons. The first-order valence-corrected chi connectivity index (χ1v) is 8.04. The Kier molecular flexibility index (Phi) is 7.83. The lowest BCUT2D eigenvalue weighted by Gasteiger charge is -2.12. The minimum Gasteiger partial charge on any atom is -0.492 e. The molecule has 0 aliphatic heterocycles. The first-order valence-electron chi connectivity index (χ1n) is 8.04. The number of hydrogen-bond donors (Lipinski definition) is 1. The van der Waals surface area contributed by atoms with Crippen LogP contribution in [-0.4, -0.2) is 49.4 Å². The zero-order valence-electron chi connectivity index (χ0n) is 15.5. The van der Waals surface area contributed by atoms with Crippen molar-refractivity contribution in [3.8, 4) is 5.75 Å². The van der Waals surface area contributed by atoms with Crippen molar-refractivity contribution in [2.24, 2.45) is 0 Å². The molecule has 1 aromatic carbocycles. The third-order valence-corrected chi connectivity index (χ3v) is 3.57. The minimum atomic E-state index is -5.08. The van der Waals surface area contributed by atoms with Crippen LogP contribution >= 0.6 is 0 Å². The van der Waals surface area contributed by atoms with Crippen molar-refractivity contribution in [3.05, 3.63) is 39.7 Å². The average molecular weight is 389 g/mol. The molecule has 2 aromatic rings. The zero-order chi connectivity index (χ0) is 20.8. The van der Waals surface area contributed by atoms with E-state index >= 15 is 0 Å². The molecule has 0 aliphatic carbocycles. The molecule has 0 unspecified atom stereocenters. The van der Waals surface area contributed by atoms with Gasteiger partial charge in [-0.2, -0.15) is 13.2 Å². The lowest BCUT2D eigenvalue weighted by Crippen LogP contribution is -2.21. The van der Waals surface area contributed by atoms with Gasteiger partial charge in [-0.1, -0.05) is 0 Å². The van der Waals surface area contributed by atoms with Crippen LogP contribution in [0.15, 0.2) is 27.4 Å². The summed E-state index contributed by atoms with van der Waals surface area (Å²) in [5.41, 5.74) is 2.47. The number of ether oxygens (including phenoxy) is 1. The number of fused-ring (bicyclic) bond motifs is 1. The van der Waals surface area contributed by atoms with Gasteiger partial charge in [-0.05, 0) is 57.6 Å². The van der Waals surface area contributed by atoms with Crippen LogP contribution in [0, 0.1) is 13.8 Å². The maximum absolute atomic E-state index is 11.6. The molecule has 1 aromatic heterocycles. The molecule has 0 amide bonds. The molecule has 0 saturated carbocycles. The van der Waals surface area contributed by atoms with Gasteiger partial charge in [-0.15, -0.1) is 0 Å². The largest absolute Gasteiger partial charge is 0.492 e. The molecule has 0 atom stereocenters. The summed E-state index contributed by atoms with van der Waals surface area (Å²) < 4.78 is 42.7. The Morgan fingerprint density at radius 3 is 2.26 bits per heavy atom. The number of alkyl halides is 3. The van der Waals surface area contributed by atoms with Crippen molar-refractivity contribution in [1.29, 1.82) is 0 Å². The number of hydrogen-bond acceptors (Lipinski definition) is 5. The van der Waals surface area contributed by atoms with Gasteiger partial charge in [-0.3, -0.25) is 0 Å². The lowest BCUT2D eigenvalue weighted by atomic mass is 10.1. The zero-order valence-corrected chi connectivity index (χ0v) is 15.5. The monoisotopic (exact) mass is 389 g/mol. The van der Waals surface area contributed by atoms with Crippen LogP contribution in [0.4, 0.5) is 13.2 Å². The lowest BCUT2D eigenvalue weighted by molar-refractivity contribution is -0.192. The van der Waals surface area contributed by atoms with Crippen molar-refractivity contribution in [3.63, 3.8) is 0 Å². The molecule has 0 bridgehead atoms. The second-order valence-corrected chi connectivity index (χ2v) is 6.17. The molecule has 27 heavy (non-hydrogen) atoms. The topological polar surface area (TPSA) is 80.0 Å². The maximum Gasteiger partial charge on any atom is 0.490 e. The molecule has 1 N–H and O–H groups in total. The third-order valence-electron chi connectivity index (χ3n) is 3.57. The van der Waals surface area contributed by atoms with E-state index < -0.39 is 12.1 Å². The molecule has 0 saturated heterocycles. The van der Waals surface area contributed by atoms with Gasteiger partial charge in [0.25, 0.3) is 0 Å². The van der Waals surface area contributed by atoms with Gasteiger partial charge in [-0.25, -0.2) is 9.59 Å². The number of aliphatic carboxylic acids is 1. The van der Waals surface area contributed by atoms with Crippen LogP contribution in [-0.2, 0) is 4.79 Å². The number of carbonyl (C=O) groups is 1. The molecular weight excluding hydrogens is 367 g/mol. The van der Waals surface area contributed by atoms with E-state index in [1.165, 1.54) is 6.07 Å². The van der Waals surface area contributed by atoms with Crippen LogP contribution in [0.1, 0.15) is 17.5 Å². The van der Waals surface area contributed by atoms with Crippen molar-refractivity contribution in [1.82, 2.24) is 4.90 Å². The normalized spacial score (nSPS) is 11.3. The summed E-state index contributed by atoms with van der Waals surface area (Å²) in [5.74, 6) is -2.15. The van der Waals surface area contributed by atoms with E-state index in [1.54, 1.807) is 0 Å². The number of halogens is 3. The molecule has 0 aliphatic rings. The number of carboxylic acids is 1. The predicted molar refractivity (Wildman–Crippen MR) is 94.3 cm³/mol. The molecule has 0 fully saturated rings. The molecular formula is C18H22F3NO5. The minimum absolute atomic E-state index is 0.372. The van der Waals surface area contributed by atoms with Gasteiger partial charge in [0.2, 0.25) is 0 Å². The summed E-state index contributed by atoms with van der Waals surface area (Å²) >= 11 is 0. The smallest absolute Gasteiger partial charge is 0.490 e. The summed E-state index contributed by atoms with van der Waals surface area (Å²) in [6.07, 6.45) is -4.17. The summed E-state index contributed by atoms with van der Waals surface area (Å²) in [4.78, 5) is 22.6. The van der Waals surface area contributed by atoms with E-state index in [9.17, 15) is 18.0 Å². The third kappa shape index (κ3) is 7.30. The Hall–Kier alpha value is -2.55. The van der Waals surface area contributed by atoms with Gasteiger partial charge < -0.3 is 19.2 Å². The van der Waals surface area contributed by atoms with Gasteiger partial charge in [0.05, 0.1) is 18.1 Å². The fourth-order valence-corrected chi connectivity index (χ4v) is 2.07. The summed E-state index contributed by atoms with van der Waals surface area (Å²) in [6.45, 7) is 5.58.